The third-order valence-electron chi connectivity index (χ3n) is 3.01. The summed E-state index contributed by atoms with van der Waals surface area (Å²) in [6.07, 6.45) is 2.30. The Bertz CT molecular complexity index is 417. The van der Waals surface area contributed by atoms with Gasteiger partial charge < -0.3 is 15.8 Å². The van der Waals surface area contributed by atoms with Crippen LogP contribution in [-0.2, 0) is 0 Å². The van der Waals surface area contributed by atoms with Gasteiger partial charge in [-0.05, 0) is 12.8 Å². The molecule has 0 saturated heterocycles. The molecule has 0 radical (unpaired) electrons. The van der Waals surface area contributed by atoms with Crippen molar-refractivity contribution >= 4 is 11.6 Å². The normalized spacial score (nSPS) is 15.6. The zero-order valence-electron chi connectivity index (χ0n) is 10.9. The summed E-state index contributed by atoms with van der Waals surface area (Å²) in [6.45, 7) is 4.76. The molecule has 0 aliphatic heterocycles. The second-order valence-electron chi connectivity index (χ2n) is 5.59. The number of hydrogen-bond acceptors (Lipinski definition) is 6. The molecule has 1 aliphatic carbocycles. The molecule has 1 aromatic heterocycles. The topological polar surface area (TPSA) is 96.1 Å². The molecular formula is C12H21N5O. The van der Waals surface area contributed by atoms with E-state index in [0.29, 0.717) is 18.3 Å². The van der Waals surface area contributed by atoms with Crippen LogP contribution in [0.25, 0.3) is 0 Å². The first-order chi connectivity index (χ1) is 8.54. The van der Waals surface area contributed by atoms with E-state index in [2.05, 4.69) is 20.7 Å². The van der Waals surface area contributed by atoms with Crippen LogP contribution in [0.3, 0.4) is 0 Å². The molecule has 0 atom stereocenters. The molecule has 1 aliphatic rings. The van der Waals surface area contributed by atoms with Crippen molar-refractivity contribution in [3.8, 4) is 0 Å². The van der Waals surface area contributed by atoms with Crippen molar-refractivity contribution in [1.29, 1.82) is 0 Å². The molecular weight excluding hydrogens is 230 g/mol. The van der Waals surface area contributed by atoms with Crippen LogP contribution in [0.4, 0.5) is 11.6 Å². The maximum absolute atomic E-state index is 9.22. The van der Waals surface area contributed by atoms with Crippen molar-refractivity contribution in [3.05, 3.63) is 11.9 Å². The van der Waals surface area contributed by atoms with Gasteiger partial charge >= 0.3 is 0 Å². The van der Waals surface area contributed by atoms with Gasteiger partial charge in [-0.1, -0.05) is 13.8 Å². The Labute approximate surface area is 107 Å². The molecule has 0 unspecified atom stereocenters. The lowest BCUT2D eigenvalue weighted by Crippen LogP contribution is -2.27. The highest BCUT2D eigenvalue weighted by Gasteiger charge is 2.27. The van der Waals surface area contributed by atoms with Crippen LogP contribution in [-0.4, -0.2) is 28.2 Å². The number of nitrogens with two attached hydrogens (primary N) is 1. The van der Waals surface area contributed by atoms with Gasteiger partial charge in [-0.15, -0.1) is 0 Å². The summed E-state index contributed by atoms with van der Waals surface area (Å²) >= 11 is 0. The Morgan fingerprint density at radius 3 is 2.61 bits per heavy atom. The molecule has 0 spiro atoms. The first-order valence-electron chi connectivity index (χ1n) is 6.24. The van der Waals surface area contributed by atoms with E-state index in [1.165, 1.54) is 0 Å². The zero-order valence-corrected chi connectivity index (χ0v) is 10.9. The molecule has 1 saturated carbocycles. The molecule has 1 fully saturated rings. The molecule has 100 valence electrons. The van der Waals surface area contributed by atoms with Gasteiger partial charge in [-0.3, -0.25) is 0 Å². The maximum atomic E-state index is 9.22. The maximum Gasteiger partial charge on any atom is 0.145 e. The molecule has 5 N–H and O–H groups in total. The number of rotatable bonds is 6. The van der Waals surface area contributed by atoms with E-state index in [9.17, 15) is 5.11 Å². The van der Waals surface area contributed by atoms with Crippen molar-refractivity contribution in [3.63, 3.8) is 0 Å². The van der Waals surface area contributed by atoms with Crippen molar-refractivity contribution in [2.75, 3.05) is 23.9 Å². The Morgan fingerprint density at radius 2 is 2.06 bits per heavy atom. The van der Waals surface area contributed by atoms with Crippen LogP contribution in [0, 0.1) is 5.41 Å². The highest BCUT2D eigenvalue weighted by atomic mass is 16.3. The summed E-state index contributed by atoms with van der Waals surface area (Å²) in [7, 11) is 0. The van der Waals surface area contributed by atoms with Gasteiger partial charge in [0.15, 0.2) is 0 Å². The second kappa shape index (κ2) is 5.07. The number of hydrazine groups is 1. The number of aliphatic hydroxyl groups excluding tert-OH is 1. The van der Waals surface area contributed by atoms with Gasteiger partial charge in [0.05, 0.1) is 0 Å². The lowest BCUT2D eigenvalue weighted by Gasteiger charge is -2.22. The van der Waals surface area contributed by atoms with Gasteiger partial charge in [0.25, 0.3) is 0 Å². The first kappa shape index (κ1) is 13.0. The molecule has 0 amide bonds. The van der Waals surface area contributed by atoms with Crippen molar-refractivity contribution < 1.29 is 5.11 Å². The second-order valence-corrected chi connectivity index (χ2v) is 5.59. The average molecular weight is 251 g/mol. The summed E-state index contributed by atoms with van der Waals surface area (Å²) in [5.41, 5.74) is 2.38. The van der Waals surface area contributed by atoms with Crippen LogP contribution < -0.4 is 16.6 Å². The van der Waals surface area contributed by atoms with Crippen LogP contribution in [0.2, 0.25) is 0 Å². The molecule has 1 aromatic rings. The van der Waals surface area contributed by atoms with E-state index in [4.69, 9.17) is 5.84 Å². The van der Waals surface area contributed by atoms with E-state index in [-0.39, 0.29) is 12.0 Å². The number of nitrogen functional groups attached to an aromatic ring is 1. The predicted octanol–water partition coefficient (Wildman–Crippen LogP) is 1.07. The van der Waals surface area contributed by atoms with Crippen LogP contribution in [0.5, 0.6) is 0 Å². The quantitative estimate of drug-likeness (QED) is 0.446. The summed E-state index contributed by atoms with van der Waals surface area (Å²) in [5.74, 6) is 8.10. The van der Waals surface area contributed by atoms with Gasteiger partial charge in [-0.2, -0.15) is 0 Å². The van der Waals surface area contributed by atoms with Crippen molar-refractivity contribution in [1.82, 2.24) is 9.97 Å². The number of nitrogens with one attached hydrogen (secondary N) is 2. The number of anilines is 2. The third kappa shape index (κ3) is 3.30. The average Bonchev–Trinajstić information content (AvgIpc) is 3.20. The van der Waals surface area contributed by atoms with Crippen molar-refractivity contribution in [2.45, 2.75) is 32.6 Å². The van der Waals surface area contributed by atoms with Crippen LogP contribution >= 0.6 is 0 Å². The summed E-state index contributed by atoms with van der Waals surface area (Å²) in [6, 6.07) is 1.78. The SMILES string of the molecule is CC(C)(CO)CNc1cc(NN)nc(C2CC2)n1. The number of aromatic nitrogens is 2. The fourth-order valence-corrected chi connectivity index (χ4v) is 1.54. The Balaban J connectivity index is 2.09. The van der Waals surface area contributed by atoms with Crippen molar-refractivity contribution in [2.24, 2.45) is 11.3 Å². The predicted molar refractivity (Wildman–Crippen MR) is 71.2 cm³/mol. The Morgan fingerprint density at radius 1 is 1.39 bits per heavy atom. The summed E-state index contributed by atoms with van der Waals surface area (Å²) < 4.78 is 0. The largest absolute Gasteiger partial charge is 0.396 e. The Kier molecular flexibility index (Phi) is 3.68. The standard InChI is InChI=1S/C12H21N5O/c1-12(2,7-18)6-14-9-5-10(17-13)16-11(15-9)8-3-4-8/h5,8,18H,3-4,6-7,13H2,1-2H3,(H2,14,15,16,17). The summed E-state index contributed by atoms with van der Waals surface area (Å²) in [4.78, 5) is 8.82. The zero-order chi connectivity index (χ0) is 13.2. The van der Waals surface area contributed by atoms with Gasteiger partial charge in [0.2, 0.25) is 0 Å². The molecule has 0 bridgehead atoms. The fraction of sp³-hybridized carbons (Fsp3) is 0.667. The number of nitrogens with zero attached hydrogens (tertiary/aromatic N) is 2. The molecule has 1 heterocycles. The van der Waals surface area contributed by atoms with Gasteiger partial charge in [-0.25, -0.2) is 15.8 Å². The van der Waals surface area contributed by atoms with E-state index in [1.54, 1.807) is 6.07 Å². The molecule has 6 heteroatoms. The van der Waals surface area contributed by atoms with Crippen LogP contribution in [0.1, 0.15) is 38.4 Å². The minimum atomic E-state index is -0.180. The first-order valence-corrected chi connectivity index (χ1v) is 6.24. The lowest BCUT2D eigenvalue weighted by molar-refractivity contribution is 0.170. The summed E-state index contributed by atoms with van der Waals surface area (Å²) in [5, 5.41) is 12.4. The van der Waals surface area contributed by atoms with E-state index >= 15 is 0 Å². The molecule has 2 rings (SSSR count). The van der Waals surface area contributed by atoms with Crippen LogP contribution in [0.15, 0.2) is 6.07 Å². The molecule has 0 aromatic carbocycles. The highest BCUT2D eigenvalue weighted by molar-refractivity contribution is 5.47. The highest BCUT2D eigenvalue weighted by Crippen LogP contribution is 2.38. The van der Waals surface area contributed by atoms with Gasteiger partial charge in [0.1, 0.15) is 17.5 Å². The third-order valence-corrected chi connectivity index (χ3v) is 3.01. The van der Waals surface area contributed by atoms with E-state index in [0.717, 1.165) is 24.5 Å². The van der Waals surface area contributed by atoms with E-state index < -0.39 is 0 Å². The lowest BCUT2D eigenvalue weighted by atomic mass is 9.95. The molecule has 6 nitrogen and oxygen atoms in total. The molecule has 18 heavy (non-hydrogen) atoms. The smallest absolute Gasteiger partial charge is 0.145 e. The monoisotopic (exact) mass is 251 g/mol. The number of aliphatic hydroxyl groups is 1. The fourth-order valence-electron chi connectivity index (χ4n) is 1.54. The van der Waals surface area contributed by atoms with E-state index in [1.807, 2.05) is 13.8 Å². The number of hydrogen-bond donors (Lipinski definition) is 4. The minimum absolute atomic E-state index is 0.128. The minimum Gasteiger partial charge on any atom is -0.396 e. The van der Waals surface area contributed by atoms with Gasteiger partial charge in [0, 0.05) is 30.6 Å². The Hall–Kier alpha value is -1.40.